The Hall–Kier alpha value is -2.16. The molecule has 196 valence electrons. The van der Waals surface area contributed by atoms with Crippen LogP contribution >= 0.6 is 0 Å². The van der Waals surface area contributed by atoms with Gasteiger partial charge in [0, 0.05) is 5.56 Å². The van der Waals surface area contributed by atoms with E-state index in [9.17, 15) is 4.79 Å². The number of rotatable bonds is 10. The summed E-state index contributed by atoms with van der Waals surface area (Å²) in [5.74, 6) is 1.69. The Morgan fingerprint density at radius 2 is 1.47 bits per heavy atom. The average molecular weight is 493 g/mol. The normalized spacial score (nSPS) is 24.4. The Morgan fingerprint density at radius 1 is 0.806 bits per heavy atom. The highest BCUT2D eigenvalue weighted by Gasteiger charge is 2.25. The number of esters is 1. The third kappa shape index (κ3) is 7.20. The molecular weight excluding hydrogens is 447 g/mol. The second-order valence-corrected chi connectivity index (χ2v) is 11.4. The van der Waals surface area contributed by atoms with E-state index in [2.05, 4.69) is 19.9 Å². The second kappa shape index (κ2) is 13.4. The Labute approximate surface area is 218 Å². The van der Waals surface area contributed by atoms with E-state index in [4.69, 9.17) is 4.74 Å². The lowest BCUT2D eigenvalue weighted by molar-refractivity contribution is 0.0161. The van der Waals surface area contributed by atoms with Crippen LogP contribution in [0.3, 0.4) is 0 Å². The predicted molar refractivity (Wildman–Crippen MR) is 147 cm³/mol. The molecule has 0 aliphatic heterocycles. The highest BCUT2D eigenvalue weighted by Crippen LogP contribution is 2.38. The first kappa shape index (κ1) is 26.9. The molecule has 2 aliphatic rings. The number of carbonyl (C=O) groups is 1. The van der Waals surface area contributed by atoms with Gasteiger partial charge >= 0.3 is 5.97 Å². The SMILES string of the molecule is CCCCCC1CCC(OC(=O)c2ccc(-c3ccc(C4CCC(CCC)CC4)cc3F)cc2)CC1. The molecule has 0 amide bonds. The topological polar surface area (TPSA) is 26.3 Å². The lowest BCUT2D eigenvalue weighted by atomic mass is 9.77. The summed E-state index contributed by atoms with van der Waals surface area (Å²) < 4.78 is 20.9. The van der Waals surface area contributed by atoms with Gasteiger partial charge in [-0.05, 0) is 98.4 Å². The van der Waals surface area contributed by atoms with Crippen molar-refractivity contribution >= 4 is 5.97 Å². The van der Waals surface area contributed by atoms with Crippen LogP contribution in [0.1, 0.15) is 126 Å². The monoisotopic (exact) mass is 492 g/mol. The van der Waals surface area contributed by atoms with Gasteiger partial charge in [0.05, 0.1) is 5.56 Å². The highest BCUT2D eigenvalue weighted by molar-refractivity contribution is 5.90. The predicted octanol–water partition coefficient (Wildman–Crippen LogP) is 9.86. The molecule has 4 rings (SSSR count). The molecule has 2 aliphatic carbocycles. The van der Waals surface area contributed by atoms with Gasteiger partial charge < -0.3 is 4.74 Å². The first-order chi connectivity index (χ1) is 17.6. The van der Waals surface area contributed by atoms with Gasteiger partial charge in [0.1, 0.15) is 11.9 Å². The molecule has 0 saturated heterocycles. The maximum atomic E-state index is 15.1. The Kier molecular flexibility index (Phi) is 10.0. The van der Waals surface area contributed by atoms with Crippen LogP contribution in [-0.2, 0) is 4.74 Å². The minimum Gasteiger partial charge on any atom is -0.459 e. The molecule has 2 nitrogen and oxygen atoms in total. The largest absolute Gasteiger partial charge is 0.459 e. The van der Waals surface area contributed by atoms with Crippen LogP contribution in [0, 0.1) is 17.7 Å². The van der Waals surface area contributed by atoms with Crippen molar-refractivity contribution in [1.82, 2.24) is 0 Å². The lowest BCUT2D eigenvalue weighted by Gasteiger charge is -2.28. The first-order valence-corrected chi connectivity index (χ1v) is 14.7. The van der Waals surface area contributed by atoms with E-state index in [1.807, 2.05) is 18.2 Å². The summed E-state index contributed by atoms with van der Waals surface area (Å²) in [5.41, 5.74) is 3.07. The van der Waals surface area contributed by atoms with E-state index in [1.165, 1.54) is 64.2 Å². The van der Waals surface area contributed by atoms with Crippen molar-refractivity contribution in [2.24, 2.45) is 11.8 Å². The van der Waals surface area contributed by atoms with Gasteiger partial charge in [-0.15, -0.1) is 0 Å². The summed E-state index contributed by atoms with van der Waals surface area (Å²) in [6, 6.07) is 13.0. The van der Waals surface area contributed by atoms with Crippen molar-refractivity contribution in [1.29, 1.82) is 0 Å². The molecule has 2 fully saturated rings. The van der Waals surface area contributed by atoms with Gasteiger partial charge in [-0.2, -0.15) is 0 Å². The van der Waals surface area contributed by atoms with Crippen LogP contribution in [-0.4, -0.2) is 12.1 Å². The Morgan fingerprint density at radius 3 is 2.11 bits per heavy atom. The summed E-state index contributed by atoms with van der Waals surface area (Å²) >= 11 is 0. The highest BCUT2D eigenvalue weighted by atomic mass is 19.1. The zero-order chi connectivity index (χ0) is 25.3. The molecule has 0 spiro atoms. The number of hydrogen-bond acceptors (Lipinski definition) is 2. The van der Waals surface area contributed by atoms with Crippen LogP contribution in [0.25, 0.3) is 11.1 Å². The van der Waals surface area contributed by atoms with Crippen LogP contribution in [0.4, 0.5) is 4.39 Å². The van der Waals surface area contributed by atoms with E-state index in [-0.39, 0.29) is 17.9 Å². The van der Waals surface area contributed by atoms with E-state index in [1.54, 1.807) is 18.2 Å². The lowest BCUT2D eigenvalue weighted by Crippen LogP contribution is -2.24. The van der Waals surface area contributed by atoms with Crippen LogP contribution < -0.4 is 0 Å². The van der Waals surface area contributed by atoms with Crippen molar-refractivity contribution in [3.8, 4) is 11.1 Å². The zero-order valence-corrected chi connectivity index (χ0v) is 22.4. The molecule has 0 unspecified atom stereocenters. The Balaban J connectivity index is 1.29. The van der Waals surface area contributed by atoms with Crippen LogP contribution in [0.15, 0.2) is 42.5 Å². The zero-order valence-electron chi connectivity index (χ0n) is 22.4. The molecule has 0 atom stereocenters. The van der Waals surface area contributed by atoms with Gasteiger partial charge in [-0.1, -0.05) is 76.6 Å². The quantitative estimate of drug-likeness (QED) is 0.244. The summed E-state index contributed by atoms with van der Waals surface area (Å²) in [4.78, 5) is 12.7. The molecule has 2 aromatic carbocycles. The fourth-order valence-electron chi connectivity index (χ4n) is 6.44. The molecule has 0 bridgehead atoms. The van der Waals surface area contributed by atoms with Crippen molar-refractivity contribution < 1.29 is 13.9 Å². The van der Waals surface area contributed by atoms with Crippen molar-refractivity contribution in [3.05, 3.63) is 59.4 Å². The fourth-order valence-corrected chi connectivity index (χ4v) is 6.44. The van der Waals surface area contributed by atoms with E-state index in [0.29, 0.717) is 17.0 Å². The van der Waals surface area contributed by atoms with Crippen molar-refractivity contribution in [2.45, 2.75) is 116 Å². The van der Waals surface area contributed by atoms with Gasteiger partial charge in [-0.3, -0.25) is 0 Å². The summed E-state index contributed by atoms with van der Waals surface area (Å²) in [7, 11) is 0. The fraction of sp³-hybridized carbons (Fsp3) is 0.606. The van der Waals surface area contributed by atoms with Crippen LogP contribution in [0.5, 0.6) is 0 Å². The molecule has 0 aromatic heterocycles. The van der Waals surface area contributed by atoms with Gasteiger partial charge in [0.2, 0.25) is 0 Å². The van der Waals surface area contributed by atoms with Crippen LogP contribution in [0.2, 0.25) is 0 Å². The van der Waals surface area contributed by atoms with E-state index in [0.717, 1.165) is 48.6 Å². The van der Waals surface area contributed by atoms with Crippen molar-refractivity contribution in [2.75, 3.05) is 0 Å². The Bertz CT molecular complexity index is 950. The molecule has 0 radical (unpaired) electrons. The van der Waals surface area contributed by atoms with Gasteiger partial charge in [-0.25, -0.2) is 9.18 Å². The van der Waals surface area contributed by atoms with Crippen molar-refractivity contribution in [3.63, 3.8) is 0 Å². The minimum absolute atomic E-state index is 0.0293. The third-order valence-corrected chi connectivity index (χ3v) is 8.72. The summed E-state index contributed by atoms with van der Waals surface area (Å²) in [6.07, 6.45) is 17.0. The molecule has 2 aromatic rings. The second-order valence-electron chi connectivity index (χ2n) is 11.4. The summed E-state index contributed by atoms with van der Waals surface area (Å²) in [6.45, 7) is 4.51. The number of carbonyl (C=O) groups excluding carboxylic acids is 1. The average Bonchev–Trinajstić information content (AvgIpc) is 2.90. The van der Waals surface area contributed by atoms with E-state index >= 15 is 4.39 Å². The molecule has 2 saturated carbocycles. The van der Waals surface area contributed by atoms with E-state index < -0.39 is 0 Å². The number of unbranched alkanes of at least 4 members (excludes halogenated alkanes) is 2. The molecule has 36 heavy (non-hydrogen) atoms. The van der Waals surface area contributed by atoms with Gasteiger partial charge in [0.15, 0.2) is 0 Å². The number of benzene rings is 2. The van der Waals surface area contributed by atoms with Gasteiger partial charge in [0.25, 0.3) is 0 Å². The third-order valence-electron chi connectivity index (χ3n) is 8.72. The smallest absolute Gasteiger partial charge is 0.338 e. The number of hydrogen-bond donors (Lipinski definition) is 0. The molecule has 0 N–H and O–H groups in total. The maximum absolute atomic E-state index is 15.1. The molecular formula is C33H45FO2. The molecule has 3 heteroatoms. The maximum Gasteiger partial charge on any atom is 0.338 e. The number of halogens is 1. The first-order valence-electron chi connectivity index (χ1n) is 14.7. The summed E-state index contributed by atoms with van der Waals surface area (Å²) in [5, 5.41) is 0. The molecule has 0 heterocycles. The minimum atomic E-state index is -0.259. The number of ether oxygens (including phenoxy) is 1. The standard InChI is InChI=1S/C33H45FO2/c1-3-5-6-8-25-11-20-30(21-12-25)36-33(35)28-17-15-27(16-18-28)31-22-19-29(23-32(31)34)26-13-9-24(7-4-2)10-14-26/h15-19,22-26,30H,3-14,20-21H2,1-2H3.